The molecule has 0 bridgehead atoms. The van der Waals surface area contributed by atoms with Gasteiger partial charge in [-0.2, -0.15) is 4.31 Å². The summed E-state index contributed by atoms with van der Waals surface area (Å²) < 4.78 is 42.9. The lowest BCUT2D eigenvalue weighted by Gasteiger charge is -2.41. The monoisotopic (exact) mass is 604 g/mol. The van der Waals surface area contributed by atoms with Crippen LogP contribution in [0, 0.1) is 13.8 Å². The average Bonchev–Trinajstić information content (AvgIpc) is 3.70. The van der Waals surface area contributed by atoms with Gasteiger partial charge in [0, 0.05) is 12.5 Å². The van der Waals surface area contributed by atoms with E-state index in [1.807, 2.05) is 48.9 Å². The molecule has 3 heterocycles. The Labute approximate surface area is 251 Å². The van der Waals surface area contributed by atoms with Crippen LogP contribution in [-0.4, -0.2) is 64.2 Å². The third-order valence-electron chi connectivity index (χ3n) is 8.70. The lowest BCUT2D eigenvalue weighted by Crippen LogP contribution is -2.60. The lowest BCUT2D eigenvalue weighted by atomic mass is 9.84. The van der Waals surface area contributed by atoms with Crippen LogP contribution in [0.25, 0.3) is 11.0 Å². The molecule has 0 amide bonds. The normalized spacial score (nSPS) is 19.5. The van der Waals surface area contributed by atoms with Gasteiger partial charge in [-0.25, -0.2) is 13.1 Å². The maximum absolute atomic E-state index is 13.9. The van der Waals surface area contributed by atoms with Gasteiger partial charge in [0.2, 0.25) is 10.0 Å². The predicted molar refractivity (Wildman–Crippen MR) is 161 cm³/mol. The van der Waals surface area contributed by atoms with Gasteiger partial charge in [-0.1, -0.05) is 49.0 Å². The number of fused-ring (bicyclic) bond motifs is 2. The van der Waals surface area contributed by atoms with Crippen LogP contribution in [0.1, 0.15) is 66.5 Å². The molecule has 11 heteroatoms. The van der Waals surface area contributed by atoms with Crippen molar-refractivity contribution >= 4 is 27.0 Å². The summed E-state index contributed by atoms with van der Waals surface area (Å²) in [6.45, 7) is 4.79. The van der Waals surface area contributed by atoms with Crippen molar-refractivity contribution < 1.29 is 27.8 Å². The third kappa shape index (κ3) is 5.09. The van der Waals surface area contributed by atoms with Crippen LogP contribution < -0.4 is 4.74 Å². The summed E-state index contributed by atoms with van der Waals surface area (Å²) in [4.78, 5) is 12.2. The van der Waals surface area contributed by atoms with Gasteiger partial charge < -0.3 is 14.6 Å². The number of hydrogen-bond donors (Lipinski definition) is 1. The fourth-order valence-corrected chi connectivity index (χ4v) is 7.76. The highest BCUT2D eigenvalue weighted by molar-refractivity contribution is 7.89. The van der Waals surface area contributed by atoms with Crippen LogP contribution in [0.5, 0.6) is 5.75 Å². The van der Waals surface area contributed by atoms with Crippen LogP contribution in [-0.2, 0) is 26.1 Å². The van der Waals surface area contributed by atoms with Crippen LogP contribution in [0.2, 0.25) is 0 Å². The number of hydrogen-bond acceptors (Lipinski definition) is 7. The summed E-state index contributed by atoms with van der Waals surface area (Å²) in [6, 6.07) is 16.9. The molecule has 43 heavy (non-hydrogen) atoms. The topological polar surface area (TPSA) is 124 Å². The predicted octanol–water partition coefficient (Wildman–Crippen LogP) is 4.98. The molecule has 7 rings (SSSR count). The Bertz CT molecular complexity index is 1830. The highest BCUT2D eigenvalue weighted by Crippen LogP contribution is 2.40. The molecule has 3 aliphatic rings. The van der Waals surface area contributed by atoms with Crippen LogP contribution in [0.15, 0.2) is 59.5 Å². The second-order valence-electron chi connectivity index (χ2n) is 11.7. The minimum Gasteiger partial charge on any atom is -0.481 e. The Morgan fingerprint density at radius 1 is 1.12 bits per heavy atom. The summed E-state index contributed by atoms with van der Waals surface area (Å²) in [7, 11) is -3.88. The number of aliphatic carboxylic acids is 1. The summed E-state index contributed by atoms with van der Waals surface area (Å²) in [6.07, 6.45) is 2.06. The first kappa shape index (κ1) is 29.3. The van der Waals surface area contributed by atoms with Crippen LogP contribution in [0.3, 0.4) is 0 Å². The SMILES string of the molecule is C.Cc1ccc([C@@H](CC(=O)O)c2ccc3c(nnn3C3CC3)c2C)cc1CN1CC2(COC2)Oc2ccccc2S1(=O)=O. The first-order valence-corrected chi connectivity index (χ1v) is 15.6. The molecule has 1 aromatic heterocycles. The first-order valence-electron chi connectivity index (χ1n) is 14.2. The molecule has 0 radical (unpaired) electrons. The summed E-state index contributed by atoms with van der Waals surface area (Å²) in [5.41, 5.74) is 5.30. The molecule has 10 nitrogen and oxygen atoms in total. The number of nitrogens with zero attached hydrogens (tertiary/aromatic N) is 4. The highest BCUT2D eigenvalue weighted by Gasteiger charge is 2.49. The standard InChI is InChI=1S/C31H32N4O6S.CH4/c1-19-7-8-21(25(14-29(36)37)24-11-12-26-30(20(24)2)32-33-35(26)23-9-10-23)13-22(19)15-34-16-31(17-40-18-31)41-27-5-3-4-6-28(27)42(34,38)39;/h3-8,11-13,23,25H,9-10,14-18H2,1-2H3,(H,36,37);1H4/t25-;/m1./s1. The second-order valence-corrected chi connectivity index (χ2v) is 13.7. The quantitative estimate of drug-likeness (QED) is 0.313. The van der Waals surface area contributed by atoms with Gasteiger partial charge >= 0.3 is 5.97 Å². The van der Waals surface area contributed by atoms with Gasteiger partial charge in [0.05, 0.1) is 37.7 Å². The smallest absolute Gasteiger partial charge is 0.304 e. The van der Waals surface area contributed by atoms with Crippen molar-refractivity contribution in [2.24, 2.45) is 0 Å². The van der Waals surface area contributed by atoms with Crippen molar-refractivity contribution in [3.63, 3.8) is 0 Å². The van der Waals surface area contributed by atoms with Gasteiger partial charge in [0.1, 0.15) is 16.2 Å². The average molecular weight is 605 g/mol. The Morgan fingerprint density at radius 2 is 1.88 bits per heavy atom. The lowest BCUT2D eigenvalue weighted by molar-refractivity contribution is -0.165. The molecular formula is C32H36N4O6S. The van der Waals surface area contributed by atoms with Gasteiger partial charge in [-0.15, -0.1) is 5.10 Å². The molecule has 1 aliphatic carbocycles. The fraction of sp³-hybridized carbons (Fsp3) is 0.406. The summed E-state index contributed by atoms with van der Waals surface area (Å²) in [5, 5.41) is 18.7. The molecule has 1 spiro atoms. The molecule has 226 valence electrons. The number of carboxylic acid groups (broad SMARTS) is 1. The molecular weight excluding hydrogens is 568 g/mol. The van der Waals surface area contributed by atoms with E-state index < -0.39 is 27.5 Å². The number of rotatable bonds is 7. The van der Waals surface area contributed by atoms with E-state index in [0.29, 0.717) is 25.0 Å². The number of aromatic nitrogens is 3. The number of sulfonamides is 1. The van der Waals surface area contributed by atoms with E-state index in [2.05, 4.69) is 10.3 Å². The highest BCUT2D eigenvalue weighted by atomic mass is 32.2. The van der Waals surface area contributed by atoms with Gasteiger partial charge in [-0.3, -0.25) is 4.79 Å². The zero-order valence-corrected chi connectivity index (χ0v) is 24.3. The largest absolute Gasteiger partial charge is 0.481 e. The van der Waals surface area contributed by atoms with Crippen molar-refractivity contribution in [1.29, 1.82) is 0 Å². The molecule has 3 aromatic carbocycles. The number of benzene rings is 3. The van der Waals surface area contributed by atoms with E-state index in [1.165, 1.54) is 4.31 Å². The van der Waals surface area contributed by atoms with Crippen molar-refractivity contribution in [2.75, 3.05) is 19.8 Å². The second kappa shape index (κ2) is 10.7. The van der Waals surface area contributed by atoms with Crippen molar-refractivity contribution in [3.05, 3.63) is 82.4 Å². The minimum absolute atomic E-state index is 0. The fourth-order valence-electron chi connectivity index (χ4n) is 6.15. The maximum atomic E-state index is 13.9. The van der Waals surface area contributed by atoms with E-state index in [1.54, 1.807) is 24.3 Å². The Hall–Kier alpha value is -3.80. The molecule has 1 N–H and O–H groups in total. The molecule has 0 unspecified atom stereocenters. The molecule has 2 aliphatic heterocycles. The molecule has 1 atom stereocenters. The number of ether oxygens (including phenoxy) is 2. The number of carboxylic acids is 1. The van der Waals surface area contributed by atoms with Crippen molar-refractivity contribution in [2.45, 2.75) is 69.5 Å². The Balaban J connectivity index is 0.00000329. The van der Waals surface area contributed by atoms with E-state index in [4.69, 9.17) is 9.47 Å². The number of para-hydroxylation sites is 1. The van der Waals surface area contributed by atoms with E-state index in [0.717, 1.165) is 51.7 Å². The van der Waals surface area contributed by atoms with Crippen LogP contribution >= 0.6 is 0 Å². The molecule has 2 fully saturated rings. The Morgan fingerprint density at radius 3 is 2.58 bits per heavy atom. The third-order valence-corrected chi connectivity index (χ3v) is 10.5. The zero-order chi connectivity index (χ0) is 29.2. The zero-order valence-electron chi connectivity index (χ0n) is 23.5. The van der Waals surface area contributed by atoms with Gasteiger partial charge in [0.25, 0.3) is 0 Å². The van der Waals surface area contributed by atoms with Crippen LogP contribution in [0.4, 0.5) is 0 Å². The van der Waals surface area contributed by atoms with E-state index in [9.17, 15) is 18.3 Å². The molecule has 1 saturated heterocycles. The number of carbonyl (C=O) groups is 1. The van der Waals surface area contributed by atoms with E-state index >= 15 is 0 Å². The van der Waals surface area contributed by atoms with Crippen molar-refractivity contribution in [1.82, 2.24) is 19.3 Å². The van der Waals surface area contributed by atoms with Gasteiger partial charge in [0.15, 0.2) is 5.60 Å². The first-order chi connectivity index (χ1) is 20.1. The number of aryl methyl sites for hydroxylation is 2. The molecule has 4 aromatic rings. The minimum atomic E-state index is -3.88. The summed E-state index contributed by atoms with van der Waals surface area (Å²) >= 11 is 0. The molecule has 1 saturated carbocycles. The Kier molecular flexibility index (Phi) is 7.30. The van der Waals surface area contributed by atoms with E-state index in [-0.39, 0.29) is 31.8 Å². The summed E-state index contributed by atoms with van der Waals surface area (Å²) in [5.74, 6) is -1.03. The maximum Gasteiger partial charge on any atom is 0.304 e. The van der Waals surface area contributed by atoms with Crippen molar-refractivity contribution in [3.8, 4) is 5.75 Å². The van der Waals surface area contributed by atoms with Gasteiger partial charge in [-0.05, 0) is 72.7 Å².